The first-order valence-electron chi connectivity index (χ1n) is 10.9. The number of methoxy groups -OCH3 is 2. The van der Waals surface area contributed by atoms with Gasteiger partial charge < -0.3 is 24.0 Å². The fourth-order valence-corrected chi connectivity index (χ4v) is 3.86. The number of hydrogen-bond donors (Lipinski definition) is 0. The molecule has 1 saturated heterocycles. The summed E-state index contributed by atoms with van der Waals surface area (Å²) in [6, 6.07) is 14.4. The van der Waals surface area contributed by atoms with E-state index in [9.17, 15) is 9.59 Å². The Morgan fingerprint density at radius 2 is 1.78 bits per heavy atom. The summed E-state index contributed by atoms with van der Waals surface area (Å²) >= 11 is 0. The fourth-order valence-electron chi connectivity index (χ4n) is 3.86. The van der Waals surface area contributed by atoms with Crippen LogP contribution in [0.4, 0.5) is 0 Å². The predicted molar refractivity (Wildman–Crippen MR) is 122 cm³/mol. The number of hydrogen-bond acceptors (Lipinski definition) is 5. The Morgan fingerprint density at radius 3 is 2.44 bits per heavy atom. The molecule has 1 aliphatic heterocycles. The molecule has 0 radical (unpaired) electrons. The second kappa shape index (κ2) is 11.0. The Hall–Kier alpha value is -3.06. The van der Waals surface area contributed by atoms with Crippen LogP contribution in [0.15, 0.2) is 48.5 Å². The highest BCUT2D eigenvalue weighted by Gasteiger charge is 2.29. The Morgan fingerprint density at radius 1 is 1.06 bits per heavy atom. The second-order valence-electron chi connectivity index (χ2n) is 8.28. The van der Waals surface area contributed by atoms with Gasteiger partial charge in [-0.25, -0.2) is 0 Å². The van der Waals surface area contributed by atoms with E-state index in [4.69, 9.17) is 14.2 Å². The van der Waals surface area contributed by atoms with Crippen LogP contribution in [0.1, 0.15) is 34.6 Å². The lowest BCUT2D eigenvalue weighted by Crippen LogP contribution is -2.51. The largest absolute Gasteiger partial charge is 0.493 e. The lowest BCUT2D eigenvalue weighted by molar-refractivity contribution is -0.0340. The van der Waals surface area contributed by atoms with Crippen molar-refractivity contribution in [3.63, 3.8) is 0 Å². The van der Waals surface area contributed by atoms with Gasteiger partial charge in [-0.1, -0.05) is 32.0 Å². The molecule has 0 N–H and O–H groups in total. The SMILES string of the molecule is COc1ccc(C(=O)N2CCOC(CN(CC(C)C)C(=O)c3ccccc3)C2)cc1OC. The maximum absolute atomic E-state index is 13.1. The maximum Gasteiger partial charge on any atom is 0.254 e. The molecule has 0 aliphatic carbocycles. The molecule has 32 heavy (non-hydrogen) atoms. The number of carbonyl (C=O) groups is 2. The Labute approximate surface area is 189 Å². The molecule has 0 aromatic heterocycles. The number of rotatable bonds is 8. The van der Waals surface area contributed by atoms with Crippen molar-refractivity contribution in [1.82, 2.24) is 9.80 Å². The fraction of sp³-hybridized carbons (Fsp3) is 0.440. The third-order valence-corrected chi connectivity index (χ3v) is 5.37. The Bertz CT molecular complexity index is 916. The van der Waals surface area contributed by atoms with Crippen LogP contribution in [-0.2, 0) is 4.74 Å². The van der Waals surface area contributed by atoms with Crippen LogP contribution >= 0.6 is 0 Å². The predicted octanol–water partition coefficient (Wildman–Crippen LogP) is 3.34. The van der Waals surface area contributed by atoms with Gasteiger partial charge in [0.25, 0.3) is 11.8 Å². The van der Waals surface area contributed by atoms with E-state index in [-0.39, 0.29) is 17.9 Å². The summed E-state index contributed by atoms with van der Waals surface area (Å²) in [6.45, 7) is 6.57. The average molecular weight is 441 g/mol. The van der Waals surface area contributed by atoms with E-state index >= 15 is 0 Å². The second-order valence-corrected chi connectivity index (χ2v) is 8.28. The molecule has 1 aliphatic rings. The van der Waals surface area contributed by atoms with Gasteiger partial charge in [-0.3, -0.25) is 9.59 Å². The third kappa shape index (κ3) is 5.79. The first-order valence-corrected chi connectivity index (χ1v) is 10.9. The topological polar surface area (TPSA) is 68.3 Å². The number of amides is 2. The van der Waals surface area contributed by atoms with Crippen molar-refractivity contribution < 1.29 is 23.8 Å². The van der Waals surface area contributed by atoms with Crippen molar-refractivity contribution in [2.24, 2.45) is 5.92 Å². The molecule has 1 unspecified atom stereocenters. The van der Waals surface area contributed by atoms with Crippen LogP contribution in [0.3, 0.4) is 0 Å². The Kier molecular flexibility index (Phi) is 8.11. The zero-order chi connectivity index (χ0) is 23.1. The van der Waals surface area contributed by atoms with Crippen LogP contribution in [0.25, 0.3) is 0 Å². The van der Waals surface area contributed by atoms with Crippen molar-refractivity contribution in [3.8, 4) is 11.5 Å². The van der Waals surface area contributed by atoms with Gasteiger partial charge in [0.2, 0.25) is 0 Å². The number of ether oxygens (including phenoxy) is 3. The van der Waals surface area contributed by atoms with E-state index in [0.717, 1.165) is 0 Å². The van der Waals surface area contributed by atoms with Gasteiger partial charge in [0.1, 0.15) is 0 Å². The minimum Gasteiger partial charge on any atom is -0.493 e. The highest BCUT2D eigenvalue weighted by Crippen LogP contribution is 2.28. The average Bonchev–Trinajstić information content (AvgIpc) is 2.82. The van der Waals surface area contributed by atoms with Gasteiger partial charge in [-0.2, -0.15) is 0 Å². The standard InChI is InChI=1S/C25H32N2O5/c1-18(2)15-27(24(28)19-8-6-5-7-9-19)17-21-16-26(12-13-32-21)25(29)20-10-11-22(30-3)23(14-20)31-4/h5-11,14,18,21H,12-13,15-17H2,1-4H3. The van der Waals surface area contributed by atoms with Gasteiger partial charge in [0.05, 0.1) is 26.9 Å². The van der Waals surface area contributed by atoms with Crippen LogP contribution in [0, 0.1) is 5.92 Å². The first-order chi connectivity index (χ1) is 15.4. The van der Waals surface area contributed by atoms with E-state index in [1.807, 2.05) is 35.2 Å². The number of benzene rings is 2. The summed E-state index contributed by atoms with van der Waals surface area (Å²) in [6.07, 6.45) is -0.251. The van der Waals surface area contributed by atoms with Crippen molar-refractivity contribution in [2.45, 2.75) is 20.0 Å². The summed E-state index contributed by atoms with van der Waals surface area (Å²) in [5, 5.41) is 0. The van der Waals surface area contributed by atoms with Crippen molar-refractivity contribution in [2.75, 3.05) is 47.0 Å². The first kappa shape index (κ1) is 23.6. The van der Waals surface area contributed by atoms with E-state index in [1.54, 1.807) is 37.3 Å². The van der Waals surface area contributed by atoms with Crippen molar-refractivity contribution in [1.29, 1.82) is 0 Å². The molecular weight excluding hydrogens is 408 g/mol. The molecule has 1 fully saturated rings. The van der Waals surface area contributed by atoms with E-state index in [1.165, 1.54) is 0 Å². The van der Waals surface area contributed by atoms with Crippen molar-refractivity contribution in [3.05, 3.63) is 59.7 Å². The molecule has 172 valence electrons. The van der Waals surface area contributed by atoms with E-state index in [2.05, 4.69) is 13.8 Å². The van der Waals surface area contributed by atoms with Gasteiger partial charge >= 0.3 is 0 Å². The molecule has 2 aromatic rings. The van der Waals surface area contributed by atoms with Gasteiger partial charge in [0.15, 0.2) is 11.5 Å². The molecule has 1 heterocycles. The molecule has 0 saturated carbocycles. The molecule has 0 spiro atoms. The smallest absolute Gasteiger partial charge is 0.254 e. The highest BCUT2D eigenvalue weighted by molar-refractivity contribution is 5.95. The quantitative estimate of drug-likeness (QED) is 0.630. The zero-order valence-corrected chi connectivity index (χ0v) is 19.2. The minimum absolute atomic E-state index is 0.0220. The Balaban J connectivity index is 1.71. The normalized spacial score (nSPS) is 16.0. The molecule has 7 heteroatoms. The highest BCUT2D eigenvalue weighted by atomic mass is 16.5. The number of carbonyl (C=O) groups excluding carboxylic acids is 2. The molecule has 1 atom stereocenters. The van der Waals surface area contributed by atoms with E-state index in [0.29, 0.717) is 61.3 Å². The summed E-state index contributed by atoms with van der Waals surface area (Å²) in [4.78, 5) is 29.8. The van der Waals surface area contributed by atoms with Gasteiger partial charge in [-0.05, 0) is 36.2 Å². The molecule has 2 aromatic carbocycles. The zero-order valence-electron chi connectivity index (χ0n) is 19.2. The number of nitrogens with zero attached hydrogens (tertiary/aromatic N) is 2. The lowest BCUT2D eigenvalue weighted by atomic mass is 10.1. The minimum atomic E-state index is -0.251. The summed E-state index contributed by atoms with van der Waals surface area (Å²) in [5.74, 6) is 1.29. The summed E-state index contributed by atoms with van der Waals surface area (Å²) < 4.78 is 16.5. The molecule has 2 amide bonds. The van der Waals surface area contributed by atoms with E-state index < -0.39 is 0 Å². The monoisotopic (exact) mass is 440 g/mol. The number of morpholine rings is 1. The van der Waals surface area contributed by atoms with Crippen molar-refractivity contribution >= 4 is 11.8 Å². The van der Waals surface area contributed by atoms with Crippen LogP contribution in [0.5, 0.6) is 11.5 Å². The van der Waals surface area contributed by atoms with Crippen LogP contribution in [-0.4, -0.2) is 74.7 Å². The van der Waals surface area contributed by atoms with Gasteiger partial charge in [0, 0.05) is 37.3 Å². The third-order valence-electron chi connectivity index (χ3n) is 5.37. The molecule has 7 nitrogen and oxygen atoms in total. The molecule has 0 bridgehead atoms. The maximum atomic E-state index is 13.1. The molecular formula is C25H32N2O5. The molecule has 3 rings (SSSR count). The lowest BCUT2D eigenvalue weighted by Gasteiger charge is -2.36. The summed E-state index contributed by atoms with van der Waals surface area (Å²) in [5.41, 5.74) is 1.19. The van der Waals surface area contributed by atoms with Crippen LogP contribution in [0.2, 0.25) is 0 Å². The summed E-state index contributed by atoms with van der Waals surface area (Å²) in [7, 11) is 3.11. The van der Waals surface area contributed by atoms with Gasteiger partial charge in [-0.15, -0.1) is 0 Å². The van der Waals surface area contributed by atoms with Crippen LogP contribution < -0.4 is 9.47 Å².